The Balaban J connectivity index is 1.99. The van der Waals surface area contributed by atoms with Gasteiger partial charge in [-0.1, -0.05) is 24.3 Å². The van der Waals surface area contributed by atoms with Crippen LogP contribution in [-0.2, 0) is 13.0 Å². The summed E-state index contributed by atoms with van der Waals surface area (Å²) in [5, 5.41) is 22.5. The first-order valence-electron chi connectivity index (χ1n) is 6.34. The van der Waals surface area contributed by atoms with E-state index in [0.717, 1.165) is 18.2 Å². The second-order valence-corrected chi connectivity index (χ2v) is 4.77. The van der Waals surface area contributed by atoms with Gasteiger partial charge in [0.05, 0.1) is 11.0 Å². The van der Waals surface area contributed by atoms with Crippen molar-refractivity contribution in [3.8, 4) is 0 Å². The number of nitro groups is 1. The quantitative estimate of drug-likeness (QED) is 0.361. The van der Waals surface area contributed by atoms with Gasteiger partial charge in [-0.3, -0.25) is 10.1 Å². The lowest BCUT2D eigenvalue weighted by atomic mass is 9.99. The molecule has 0 spiro atoms. The smallest absolute Gasteiger partial charge is 0.304 e. The van der Waals surface area contributed by atoms with Crippen molar-refractivity contribution in [2.75, 3.05) is 11.4 Å². The Labute approximate surface area is 115 Å². The SMILES string of the molecule is O=[N+]([O-])c1cc[n+]([O-])cc1N1CCc2ccccc2C1. The van der Waals surface area contributed by atoms with Crippen LogP contribution in [0.2, 0.25) is 0 Å². The fourth-order valence-electron chi connectivity index (χ4n) is 2.56. The first-order chi connectivity index (χ1) is 9.65. The van der Waals surface area contributed by atoms with Crippen LogP contribution in [-0.4, -0.2) is 11.5 Å². The molecule has 1 aliphatic rings. The Bertz CT molecular complexity index is 672. The van der Waals surface area contributed by atoms with Crippen LogP contribution < -0.4 is 9.63 Å². The minimum absolute atomic E-state index is 0.0310. The van der Waals surface area contributed by atoms with Crippen LogP contribution in [0.4, 0.5) is 11.4 Å². The first-order valence-corrected chi connectivity index (χ1v) is 6.34. The molecule has 0 amide bonds. The molecule has 0 bridgehead atoms. The summed E-state index contributed by atoms with van der Waals surface area (Å²) in [5.41, 5.74) is 2.75. The minimum atomic E-state index is -0.449. The molecule has 1 aromatic heterocycles. The summed E-state index contributed by atoms with van der Waals surface area (Å²) in [6, 6.07) is 9.28. The van der Waals surface area contributed by atoms with Gasteiger partial charge in [0.1, 0.15) is 0 Å². The molecule has 1 aromatic carbocycles. The lowest BCUT2D eigenvalue weighted by Gasteiger charge is -2.29. The number of anilines is 1. The molecule has 20 heavy (non-hydrogen) atoms. The van der Waals surface area contributed by atoms with Crippen LogP contribution in [0, 0.1) is 15.3 Å². The van der Waals surface area contributed by atoms with Gasteiger partial charge in [0.15, 0.2) is 11.9 Å². The largest absolute Gasteiger partial charge is 0.619 e. The Morgan fingerprint density at radius 2 is 1.95 bits per heavy atom. The van der Waals surface area contributed by atoms with Gasteiger partial charge >= 0.3 is 5.69 Å². The van der Waals surface area contributed by atoms with E-state index in [1.54, 1.807) is 0 Å². The predicted molar refractivity (Wildman–Crippen MR) is 73.3 cm³/mol. The Kier molecular flexibility index (Phi) is 2.98. The Morgan fingerprint density at radius 3 is 2.70 bits per heavy atom. The summed E-state index contributed by atoms with van der Waals surface area (Å²) >= 11 is 0. The highest BCUT2D eigenvalue weighted by molar-refractivity contribution is 5.61. The van der Waals surface area contributed by atoms with E-state index in [1.807, 2.05) is 23.1 Å². The highest BCUT2D eigenvalue weighted by atomic mass is 16.6. The molecule has 3 rings (SSSR count). The van der Waals surface area contributed by atoms with E-state index in [0.29, 0.717) is 23.5 Å². The third-order valence-corrected chi connectivity index (χ3v) is 3.56. The van der Waals surface area contributed by atoms with E-state index in [-0.39, 0.29) is 5.69 Å². The van der Waals surface area contributed by atoms with E-state index in [9.17, 15) is 15.3 Å². The van der Waals surface area contributed by atoms with Crippen LogP contribution in [0.5, 0.6) is 0 Å². The molecule has 2 aromatic rings. The zero-order chi connectivity index (χ0) is 14.1. The molecular weight excluding hydrogens is 258 g/mol. The molecular formula is C14H13N3O3. The van der Waals surface area contributed by atoms with Gasteiger partial charge in [-0.15, -0.1) is 0 Å². The average Bonchev–Trinajstić information content (AvgIpc) is 2.46. The number of benzene rings is 1. The van der Waals surface area contributed by atoms with Gasteiger partial charge in [-0.2, -0.15) is 4.73 Å². The van der Waals surface area contributed by atoms with Crippen molar-refractivity contribution >= 4 is 11.4 Å². The lowest BCUT2D eigenvalue weighted by molar-refractivity contribution is -0.605. The van der Waals surface area contributed by atoms with Gasteiger partial charge in [0, 0.05) is 13.1 Å². The zero-order valence-corrected chi connectivity index (χ0v) is 10.7. The maximum Gasteiger partial charge on any atom is 0.304 e. The van der Waals surface area contributed by atoms with Crippen LogP contribution >= 0.6 is 0 Å². The molecule has 0 atom stereocenters. The molecule has 0 N–H and O–H groups in total. The molecule has 0 fully saturated rings. The second-order valence-electron chi connectivity index (χ2n) is 4.77. The normalized spacial score (nSPS) is 13.9. The van der Waals surface area contributed by atoms with Crippen LogP contribution in [0.15, 0.2) is 42.7 Å². The topological polar surface area (TPSA) is 73.3 Å². The highest BCUT2D eigenvalue weighted by Crippen LogP contribution is 2.30. The van der Waals surface area contributed by atoms with E-state index in [1.165, 1.54) is 17.8 Å². The monoisotopic (exact) mass is 271 g/mol. The molecule has 0 saturated carbocycles. The van der Waals surface area contributed by atoms with Crippen LogP contribution in [0.25, 0.3) is 0 Å². The third-order valence-electron chi connectivity index (χ3n) is 3.56. The summed E-state index contributed by atoms with van der Waals surface area (Å²) < 4.78 is 0.600. The maximum atomic E-state index is 11.4. The molecule has 1 aliphatic heterocycles. The van der Waals surface area contributed by atoms with E-state index in [2.05, 4.69) is 6.07 Å². The zero-order valence-electron chi connectivity index (χ0n) is 10.7. The van der Waals surface area contributed by atoms with Gasteiger partial charge in [-0.25, -0.2) is 0 Å². The van der Waals surface area contributed by atoms with Crippen molar-refractivity contribution in [3.05, 3.63) is 69.2 Å². The molecule has 0 unspecified atom stereocenters. The number of fused-ring (bicyclic) bond motifs is 1. The number of hydrogen-bond donors (Lipinski definition) is 0. The number of rotatable bonds is 2. The molecule has 6 nitrogen and oxygen atoms in total. The number of hydrogen-bond acceptors (Lipinski definition) is 4. The van der Waals surface area contributed by atoms with E-state index in [4.69, 9.17) is 0 Å². The summed E-state index contributed by atoms with van der Waals surface area (Å²) in [6.07, 6.45) is 3.24. The van der Waals surface area contributed by atoms with E-state index < -0.39 is 4.92 Å². The third kappa shape index (κ3) is 2.16. The van der Waals surface area contributed by atoms with Gasteiger partial charge < -0.3 is 10.1 Å². The van der Waals surface area contributed by atoms with Crippen LogP contribution in [0.3, 0.4) is 0 Å². The maximum absolute atomic E-state index is 11.4. The standard InChI is InChI=1S/C14H13N3O3/c18-16-8-6-13(17(19)20)14(10-16)15-7-5-11-3-1-2-4-12(11)9-15/h1-4,6,8,10H,5,7,9H2. The summed E-state index contributed by atoms with van der Waals surface area (Å²) in [6.45, 7) is 1.25. The summed E-state index contributed by atoms with van der Waals surface area (Å²) in [7, 11) is 0. The van der Waals surface area contributed by atoms with Crippen molar-refractivity contribution in [3.63, 3.8) is 0 Å². The molecule has 6 heteroatoms. The molecule has 0 saturated heterocycles. The van der Waals surface area contributed by atoms with Gasteiger partial charge in [0.2, 0.25) is 6.20 Å². The van der Waals surface area contributed by atoms with Crippen molar-refractivity contribution in [2.24, 2.45) is 0 Å². The summed E-state index contributed by atoms with van der Waals surface area (Å²) in [4.78, 5) is 12.5. The number of nitrogens with zero attached hydrogens (tertiary/aromatic N) is 3. The lowest BCUT2D eigenvalue weighted by Crippen LogP contribution is -2.34. The van der Waals surface area contributed by atoms with Crippen molar-refractivity contribution in [1.82, 2.24) is 0 Å². The highest BCUT2D eigenvalue weighted by Gasteiger charge is 2.25. The molecule has 0 aliphatic carbocycles. The Morgan fingerprint density at radius 1 is 1.20 bits per heavy atom. The van der Waals surface area contributed by atoms with Crippen molar-refractivity contribution < 1.29 is 9.65 Å². The minimum Gasteiger partial charge on any atom is -0.619 e. The Hall–Kier alpha value is -2.63. The van der Waals surface area contributed by atoms with Gasteiger partial charge in [-0.05, 0) is 17.5 Å². The van der Waals surface area contributed by atoms with E-state index >= 15 is 0 Å². The van der Waals surface area contributed by atoms with Gasteiger partial charge in [0.25, 0.3) is 0 Å². The fourth-order valence-corrected chi connectivity index (χ4v) is 2.56. The fraction of sp³-hybridized carbons (Fsp3) is 0.214. The molecule has 102 valence electrons. The van der Waals surface area contributed by atoms with Crippen LogP contribution in [0.1, 0.15) is 11.1 Å². The molecule has 0 radical (unpaired) electrons. The van der Waals surface area contributed by atoms with Crippen molar-refractivity contribution in [1.29, 1.82) is 0 Å². The average molecular weight is 271 g/mol. The number of pyridine rings is 1. The molecule has 2 heterocycles. The predicted octanol–water partition coefficient (Wildman–Crippen LogP) is 1.79. The second kappa shape index (κ2) is 4.80. The summed E-state index contributed by atoms with van der Waals surface area (Å²) in [5.74, 6) is 0. The first kappa shape index (κ1) is 12.4. The van der Waals surface area contributed by atoms with Crippen molar-refractivity contribution in [2.45, 2.75) is 13.0 Å². The number of aromatic nitrogens is 1.